The molecule has 1 aliphatic carbocycles. The molecule has 2 aliphatic rings. The highest BCUT2D eigenvalue weighted by Crippen LogP contribution is 2.26. The Morgan fingerprint density at radius 1 is 0.917 bits per heavy atom. The number of sulfonamides is 1. The molecule has 4 rings (SSSR count). The molecule has 0 aromatic heterocycles. The molecule has 1 aliphatic heterocycles. The van der Waals surface area contributed by atoms with E-state index in [1.54, 1.807) is 30.3 Å². The monoisotopic (exact) mass is 511 g/mol. The van der Waals surface area contributed by atoms with Crippen molar-refractivity contribution in [1.82, 2.24) is 14.9 Å². The first-order chi connectivity index (χ1) is 17.3. The average Bonchev–Trinajstić information content (AvgIpc) is 2.90. The fraction of sp³-hybridized carbons (Fsp3) is 0.500. The maximum atomic E-state index is 13.5. The number of benzene rings is 2. The minimum atomic E-state index is -3.83. The number of hydrogen-bond acceptors (Lipinski definition) is 4. The average molecular weight is 512 g/mol. The van der Waals surface area contributed by atoms with E-state index >= 15 is 0 Å². The van der Waals surface area contributed by atoms with E-state index in [0.717, 1.165) is 43.2 Å². The standard InChI is InChI=1S/C28H37N3O4S/c1-21-15-17-22(18-16-21)20-25(27(32)29-23-10-4-2-5-11-23)30-28(33)26-14-8-9-19-31(26)36(34,35)24-12-6-3-7-13-24/h3,6-7,12-13,15-18,23,25-26H,2,4-5,8-11,14,19-20H2,1H3,(H,29,32)(H,30,33)/t25-,26-/m0/s1. The van der Waals surface area contributed by atoms with Crippen LogP contribution in [0, 0.1) is 6.92 Å². The summed E-state index contributed by atoms with van der Waals surface area (Å²) < 4.78 is 28.1. The molecule has 194 valence electrons. The van der Waals surface area contributed by atoms with Crippen LogP contribution in [0.2, 0.25) is 0 Å². The number of nitrogens with zero attached hydrogens (tertiary/aromatic N) is 1. The maximum absolute atomic E-state index is 13.5. The number of piperidine rings is 1. The van der Waals surface area contributed by atoms with Crippen molar-refractivity contribution in [1.29, 1.82) is 0 Å². The summed E-state index contributed by atoms with van der Waals surface area (Å²) in [6.45, 7) is 2.29. The SMILES string of the molecule is Cc1ccc(C[C@H](NC(=O)[C@@H]2CCCCN2S(=O)(=O)c2ccccc2)C(=O)NC2CCCCC2)cc1. The van der Waals surface area contributed by atoms with Crippen LogP contribution in [0.5, 0.6) is 0 Å². The molecule has 2 fully saturated rings. The molecule has 2 N–H and O–H groups in total. The molecule has 7 nitrogen and oxygen atoms in total. The lowest BCUT2D eigenvalue weighted by Crippen LogP contribution is -2.57. The Hall–Kier alpha value is -2.71. The van der Waals surface area contributed by atoms with Gasteiger partial charge < -0.3 is 10.6 Å². The van der Waals surface area contributed by atoms with Crippen LogP contribution in [-0.4, -0.2) is 49.2 Å². The van der Waals surface area contributed by atoms with Gasteiger partial charge in [0.05, 0.1) is 4.90 Å². The van der Waals surface area contributed by atoms with E-state index in [9.17, 15) is 18.0 Å². The van der Waals surface area contributed by atoms with Gasteiger partial charge in [-0.05, 0) is 50.3 Å². The molecule has 1 saturated heterocycles. The van der Waals surface area contributed by atoms with Crippen LogP contribution in [0.3, 0.4) is 0 Å². The summed E-state index contributed by atoms with van der Waals surface area (Å²) in [7, 11) is -3.83. The summed E-state index contributed by atoms with van der Waals surface area (Å²) in [5.74, 6) is -0.616. The van der Waals surface area contributed by atoms with Crippen LogP contribution >= 0.6 is 0 Å². The van der Waals surface area contributed by atoms with Gasteiger partial charge in [-0.3, -0.25) is 9.59 Å². The van der Waals surface area contributed by atoms with Crippen molar-refractivity contribution in [2.24, 2.45) is 0 Å². The summed E-state index contributed by atoms with van der Waals surface area (Å²) in [4.78, 5) is 27.1. The molecule has 1 saturated carbocycles. The van der Waals surface area contributed by atoms with E-state index in [1.165, 1.54) is 10.7 Å². The van der Waals surface area contributed by atoms with Gasteiger partial charge in [0, 0.05) is 19.0 Å². The van der Waals surface area contributed by atoms with Gasteiger partial charge in [-0.15, -0.1) is 0 Å². The fourth-order valence-electron chi connectivity index (χ4n) is 5.17. The third kappa shape index (κ3) is 6.53. The van der Waals surface area contributed by atoms with Gasteiger partial charge in [0.1, 0.15) is 12.1 Å². The highest BCUT2D eigenvalue weighted by Gasteiger charge is 2.39. The van der Waals surface area contributed by atoms with Crippen molar-refractivity contribution in [3.63, 3.8) is 0 Å². The second-order valence-corrected chi connectivity index (χ2v) is 11.9. The third-order valence-electron chi connectivity index (χ3n) is 7.25. The zero-order valence-corrected chi connectivity index (χ0v) is 21.8. The predicted molar refractivity (Wildman–Crippen MR) is 140 cm³/mol. The van der Waals surface area contributed by atoms with E-state index in [0.29, 0.717) is 19.3 Å². The van der Waals surface area contributed by atoms with E-state index in [-0.39, 0.29) is 23.4 Å². The van der Waals surface area contributed by atoms with E-state index < -0.39 is 28.0 Å². The highest BCUT2D eigenvalue weighted by molar-refractivity contribution is 7.89. The number of hydrogen-bond donors (Lipinski definition) is 2. The molecular formula is C28H37N3O4S. The molecule has 0 bridgehead atoms. The van der Waals surface area contributed by atoms with Crippen molar-refractivity contribution in [3.05, 3.63) is 65.7 Å². The fourth-order valence-corrected chi connectivity index (χ4v) is 6.85. The van der Waals surface area contributed by atoms with Gasteiger partial charge in [-0.25, -0.2) is 8.42 Å². The van der Waals surface area contributed by atoms with Crippen molar-refractivity contribution in [3.8, 4) is 0 Å². The van der Waals surface area contributed by atoms with Crippen LogP contribution in [-0.2, 0) is 26.0 Å². The summed E-state index contributed by atoms with van der Waals surface area (Å²) in [6, 6.07) is 14.6. The molecule has 8 heteroatoms. The lowest BCUT2D eigenvalue weighted by Gasteiger charge is -2.34. The van der Waals surface area contributed by atoms with Crippen LogP contribution in [0.25, 0.3) is 0 Å². The number of carbonyl (C=O) groups is 2. The molecular weight excluding hydrogens is 474 g/mol. The van der Waals surface area contributed by atoms with Gasteiger partial charge in [0.25, 0.3) is 0 Å². The Morgan fingerprint density at radius 3 is 2.28 bits per heavy atom. The smallest absolute Gasteiger partial charge is 0.243 e. The van der Waals surface area contributed by atoms with Gasteiger partial charge in [0.2, 0.25) is 21.8 Å². The largest absolute Gasteiger partial charge is 0.352 e. The quantitative estimate of drug-likeness (QED) is 0.565. The Morgan fingerprint density at radius 2 is 1.58 bits per heavy atom. The van der Waals surface area contributed by atoms with Crippen molar-refractivity contribution < 1.29 is 18.0 Å². The predicted octanol–water partition coefficient (Wildman–Crippen LogP) is 3.71. The lowest BCUT2D eigenvalue weighted by molar-refractivity contribution is -0.132. The van der Waals surface area contributed by atoms with E-state index in [4.69, 9.17) is 0 Å². The Bertz CT molecular complexity index is 1130. The molecule has 2 amide bonds. The first-order valence-electron chi connectivity index (χ1n) is 13.1. The maximum Gasteiger partial charge on any atom is 0.243 e. The number of carbonyl (C=O) groups excluding carboxylic acids is 2. The van der Waals surface area contributed by atoms with E-state index in [2.05, 4.69) is 10.6 Å². The summed E-state index contributed by atoms with van der Waals surface area (Å²) >= 11 is 0. The molecule has 0 radical (unpaired) electrons. The van der Waals surface area contributed by atoms with Crippen molar-refractivity contribution >= 4 is 21.8 Å². The van der Waals surface area contributed by atoms with Crippen molar-refractivity contribution in [2.45, 2.75) is 87.7 Å². The Labute approximate surface area is 214 Å². The van der Waals surface area contributed by atoms with Crippen LogP contribution in [0.1, 0.15) is 62.5 Å². The Balaban J connectivity index is 1.53. The molecule has 2 aromatic carbocycles. The number of nitrogens with one attached hydrogen (secondary N) is 2. The van der Waals surface area contributed by atoms with Crippen LogP contribution < -0.4 is 10.6 Å². The summed E-state index contributed by atoms with van der Waals surface area (Å²) in [5, 5.41) is 6.08. The first kappa shape index (κ1) is 26.4. The number of rotatable bonds is 8. The molecule has 0 spiro atoms. The van der Waals surface area contributed by atoms with E-state index in [1.807, 2.05) is 31.2 Å². The molecule has 0 unspecified atom stereocenters. The molecule has 36 heavy (non-hydrogen) atoms. The minimum Gasteiger partial charge on any atom is -0.352 e. The second-order valence-electron chi connectivity index (χ2n) is 10.0. The third-order valence-corrected chi connectivity index (χ3v) is 9.17. The van der Waals surface area contributed by atoms with Gasteiger partial charge in [-0.1, -0.05) is 73.7 Å². The van der Waals surface area contributed by atoms with Crippen molar-refractivity contribution in [2.75, 3.05) is 6.54 Å². The minimum absolute atomic E-state index is 0.119. The first-order valence-corrected chi connectivity index (χ1v) is 14.5. The molecule has 2 atom stereocenters. The molecule has 2 aromatic rings. The van der Waals surface area contributed by atoms with Gasteiger partial charge >= 0.3 is 0 Å². The highest BCUT2D eigenvalue weighted by atomic mass is 32.2. The normalized spacial score (nSPS) is 20.4. The second kappa shape index (κ2) is 12.0. The number of amides is 2. The Kier molecular flexibility index (Phi) is 8.80. The lowest BCUT2D eigenvalue weighted by atomic mass is 9.94. The summed E-state index contributed by atoms with van der Waals surface area (Å²) in [6.07, 6.45) is 7.50. The topological polar surface area (TPSA) is 95.6 Å². The summed E-state index contributed by atoms with van der Waals surface area (Å²) in [5.41, 5.74) is 2.07. The van der Waals surface area contributed by atoms with Gasteiger partial charge in [0.15, 0.2) is 0 Å². The van der Waals surface area contributed by atoms with Crippen LogP contribution in [0.4, 0.5) is 0 Å². The molecule has 1 heterocycles. The van der Waals surface area contributed by atoms with Crippen LogP contribution in [0.15, 0.2) is 59.5 Å². The number of aryl methyl sites for hydroxylation is 1. The zero-order valence-electron chi connectivity index (χ0n) is 21.0. The van der Waals surface area contributed by atoms with Gasteiger partial charge in [-0.2, -0.15) is 4.31 Å². The zero-order chi connectivity index (χ0) is 25.5.